The number of rotatable bonds is 3. The number of aromatic nitrogens is 1. The van der Waals surface area contributed by atoms with Gasteiger partial charge in [-0.3, -0.25) is 0 Å². The number of nitrogens with one attached hydrogen (secondary N) is 1. The van der Waals surface area contributed by atoms with Crippen molar-refractivity contribution in [2.24, 2.45) is 5.73 Å². The van der Waals surface area contributed by atoms with Gasteiger partial charge in [-0.1, -0.05) is 18.0 Å². The number of anilines is 1. The van der Waals surface area contributed by atoms with Crippen LogP contribution in [0.4, 0.5) is 15.0 Å². The molecule has 1 aromatic heterocycles. The predicted octanol–water partition coefficient (Wildman–Crippen LogP) is 2.56. The van der Waals surface area contributed by atoms with Gasteiger partial charge in [-0.15, -0.1) is 0 Å². The highest BCUT2D eigenvalue weighted by molar-refractivity contribution is 6.30. The van der Waals surface area contributed by atoms with Crippen molar-refractivity contribution in [3.8, 4) is 6.07 Å². The van der Waals surface area contributed by atoms with Gasteiger partial charge in [-0.2, -0.15) is 5.26 Å². The highest BCUT2D eigenvalue weighted by atomic mass is 35.5. The van der Waals surface area contributed by atoms with Crippen LogP contribution in [0.15, 0.2) is 6.07 Å². The van der Waals surface area contributed by atoms with Crippen LogP contribution >= 0.6 is 11.6 Å². The molecule has 0 bridgehead atoms. The van der Waals surface area contributed by atoms with Crippen LogP contribution in [0.25, 0.3) is 0 Å². The van der Waals surface area contributed by atoms with Crippen molar-refractivity contribution in [1.82, 2.24) is 4.98 Å². The third kappa shape index (κ3) is 3.73. The fourth-order valence-corrected chi connectivity index (χ4v) is 2.56. The minimum absolute atomic E-state index is 0.0340. The average Bonchev–Trinajstić information content (AvgIpc) is 2.44. The first-order valence-corrected chi connectivity index (χ1v) is 6.88. The van der Waals surface area contributed by atoms with E-state index in [-0.39, 0.29) is 22.6 Å². The first-order chi connectivity index (χ1) is 10.0. The molecule has 0 saturated heterocycles. The maximum atomic E-state index is 13.9. The fourth-order valence-electron chi connectivity index (χ4n) is 2.37. The van der Waals surface area contributed by atoms with Crippen LogP contribution < -0.4 is 11.1 Å². The van der Waals surface area contributed by atoms with Crippen LogP contribution in [-0.4, -0.2) is 23.2 Å². The lowest BCUT2D eigenvalue weighted by molar-refractivity contribution is 0.0744. The number of primary amides is 1. The van der Waals surface area contributed by atoms with Crippen molar-refractivity contribution in [2.75, 3.05) is 5.32 Å². The molecule has 1 aliphatic carbocycles. The normalized spacial score (nSPS) is 21.4. The van der Waals surface area contributed by atoms with Crippen molar-refractivity contribution in [1.29, 1.82) is 5.26 Å². The zero-order valence-corrected chi connectivity index (χ0v) is 11.9. The summed E-state index contributed by atoms with van der Waals surface area (Å²) in [5, 5.41) is 11.6. The van der Waals surface area contributed by atoms with Crippen LogP contribution in [0.2, 0.25) is 5.15 Å². The highest BCUT2D eigenvalue weighted by Gasteiger charge is 2.29. The monoisotopic (exact) mass is 312 g/mol. The quantitative estimate of drug-likeness (QED) is 0.835. The van der Waals surface area contributed by atoms with Gasteiger partial charge in [0.2, 0.25) is 0 Å². The summed E-state index contributed by atoms with van der Waals surface area (Å²) in [6, 6.07) is 2.48. The Bertz CT molecular complexity index is 590. The van der Waals surface area contributed by atoms with Gasteiger partial charge in [0.25, 0.3) is 0 Å². The topological polar surface area (TPSA) is 101 Å². The number of halogens is 2. The lowest BCUT2D eigenvalue weighted by atomic mass is 9.92. The van der Waals surface area contributed by atoms with E-state index < -0.39 is 18.0 Å². The van der Waals surface area contributed by atoms with Crippen LogP contribution in [0, 0.1) is 17.1 Å². The first-order valence-electron chi connectivity index (χ1n) is 6.50. The van der Waals surface area contributed by atoms with E-state index in [0.717, 1.165) is 18.9 Å². The average molecular weight is 313 g/mol. The lowest BCUT2D eigenvalue weighted by Crippen LogP contribution is -2.41. The summed E-state index contributed by atoms with van der Waals surface area (Å²) in [5.74, 6) is -0.747. The molecule has 1 fully saturated rings. The minimum atomic E-state index is -0.861. The molecule has 3 N–H and O–H groups in total. The second-order valence-corrected chi connectivity index (χ2v) is 5.14. The Morgan fingerprint density at radius 3 is 2.95 bits per heavy atom. The van der Waals surface area contributed by atoms with Crippen LogP contribution in [0.5, 0.6) is 0 Å². The maximum absolute atomic E-state index is 13.9. The van der Waals surface area contributed by atoms with E-state index in [0.29, 0.717) is 12.8 Å². The Balaban J connectivity index is 2.17. The van der Waals surface area contributed by atoms with Crippen molar-refractivity contribution in [3.63, 3.8) is 0 Å². The Labute approximate surface area is 126 Å². The number of amides is 1. The summed E-state index contributed by atoms with van der Waals surface area (Å²) in [6.07, 6.45) is 1.86. The highest BCUT2D eigenvalue weighted by Crippen LogP contribution is 2.26. The molecular formula is C13H14ClFN4O2. The van der Waals surface area contributed by atoms with E-state index >= 15 is 0 Å². The molecule has 1 aliphatic rings. The molecule has 0 aromatic carbocycles. The fraction of sp³-hybridized carbons (Fsp3) is 0.462. The SMILES string of the molecule is N#Cc1cc(F)c(N[C@@H]2CCCC[C@@H]2OC(N)=O)nc1Cl. The molecule has 1 amide bonds. The summed E-state index contributed by atoms with van der Waals surface area (Å²) in [7, 11) is 0. The number of nitriles is 1. The van der Waals surface area contributed by atoms with E-state index in [1.54, 1.807) is 6.07 Å². The molecule has 0 unspecified atom stereocenters. The molecule has 0 aliphatic heterocycles. The van der Waals surface area contributed by atoms with Crippen LogP contribution in [0.3, 0.4) is 0 Å². The molecule has 0 radical (unpaired) electrons. The molecule has 0 spiro atoms. The van der Waals surface area contributed by atoms with Crippen molar-refractivity contribution >= 4 is 23.5 Å². The summed E-state index contributed by atoms with van der Waals surface area (Å²) >= 11 is 5.79. The molecule has 1 heterocycles. The van der Waals surface area contributed by atoms with E-state index in [1.165, 1.54) is 0 Å². The van der Waals surface area contributed by atoms with Crippen LogP contribution in [0.1, 0.15) is 31.2 Å². The molecule has 2 atom stereocenters. The summed E-state index contributed by atoms with van der Waals surface area (Å²) in [6.45, 7) is 0. The Kier molecular flexibility index (Phi) is 4.81. The predicted molar refractivity (Wildman–Crippen MR) is 74.3 cm³/mol. The summed E-state index contributed by atoms with van der Waals surface area (Å²) < 4.78 is 18.9. The number of hydrogen-bond donors (Lipinski definition) is 2. The van der Waals surface area contributed by atoms with E-state index in [1.807, 2.05) is 0 Å². The second kappa shape index (κ2) is 6.59. The molecule has 1 saturated carbocycles. The Morgan fingerprint density at radius 2 is 2.29 bits per heavy atom. The summed E-state index contributed by atoms with van der Waals surface area (Å²) in [5.41, 5.74) is 5.00. The molecule has 8 heteroatoms. The molecule has 21 heavy (non-hydrogen) atoms. The number of nitrogens with zero attached hydrogens (tertiary/aromatic N) is 2. The van der Waals surface area contributed by atoms with E-state index in [2.05, 4.69) is 10.3 Å². The van der Waals surface area contributed by atoms with Crippen molar-refractivity contribution in [2.45, 2.75) is 37.8 Å². The number of carbonyl (C=O) groups is 1. The second-order valence-electron chi connectivity index (χ2n) is 4.78. The number of hydrogen-bond acceptors (Lipinski definition) is 5. The Hall–Kier alpha value is -2.07. The van der Waals surface area contributed by atoms with Gasteiger partial charge in [-0.05, 0) is 25.3 Å². The van der Waals surface area contributed by atoms with Gasteiger partial charge >= 0.3 is 6.09 Å². The van der Waals surface area contributed by atoms with Gasteiger partial charge in [0.15, 0.2) is 11.6 Å². The number of ether oxygens (including phenoxy) is 1. The minimum Gasteiger partial charge on any atom is -0.444 e. The molecule has 2 rings (SSSR count). The van der Waals surface area contributed by atoms with Crippen molar-refractivity contribution < 1.29 is 13.9 Å². The van der Waals surface area contributed by atoms with Gasteiger partial charge in [-0.25, -0.2) is 14.2 Å². The van der Waals surface area contributed by atoms with E-state index in [4.69, 9.17) is 27.3 Å². The largest absolute Gasteiger partial charge is 0.444 e. The van der Waals surface area contributed by atoms with Gasteiger partial charge < -0.3 is 15.8 Å². The molecular weight excluding hydrogens is 299 g/mol. The lowest BCUT2D eigenvalue weighted by Gasteiger charge is -2.31. The molecule has 112 valence electrons. The van der Waals surface area contributed by atoms with Gasteiger partial charge in [0, 0.05) is 0 Å². The molecule has 1 aromatic rings. The molecule has 6 nitrogen and oxygen atoms in total. The zero-order valence-electron chi connectivity index (χ0n) is 11.1. The number of pyridine rings is 1. The Morgan fingerprint density at radius 1 is 1.57 bits per heavy atom. The van der Waals surface area contributed by atoms with Crippen LogP contribution in [-0.2, 0) is 4.74 Å². The van der Waals surface area contributed by atoms with Gasteiger partial charge in [0.05, 0.1) is 11.6 Å². The zero-order chi connectivity index (χ0) is 15.4. The number of nitrogens with two attached hydrogens (primary N) is 1. The third-order valence-electron chi connectivity index (χ3n) is 3.34. The third-order valence-corrected chi connectivity index (χ3v) is 3.63. The standard InChI is InChI=1S/C13H14ClFN4O2/c14-11-7(6-16)5-8(15)12(19-11)18-9-3-1-2-4-10(9)21-13(17)20/h5,9-10H,1-4H2,(H2,17,20)(H,18,19)/t9-,10+/m1/s1. The van der Waals surface area contributed by atoms with Crippen molar-refractivity contribution in [3.05, 3.63) is 22.6 Å². The van der Waals surface area contributed by atoms with Gasteiger partial charge in [0.1, 0.15) is 17.3 Å². The first kappa shape index (κ1) is 15.3. The summed E-state index contributed by atoms with van der Waals surface area (Å²) in [4.78, 5) is 14.7. The van der Waals surface area contributed by atoms with E-state index in [9.17, 15) is 9.18 Å². The maximum Gasteiger partial charge on any atom is 0.404 e. The number of carbonyl (C=O) groups excluding carboxylic acids is 1. The smallest absolute Gasteiger partial charge is 0.404 e.